The lowest BCUT2D eigenvalue weighted by Gasteiger charge is -2.07. The molecule has 0 spiro atoms. The molecule has 242 valence electrons. The number of fused-ring (bicyclic) bond motifs is 12. The number of hydrogen-bond acceptors (Lipinski definition) is 6. The summed E-state index contributed by atoms with van der Waals surface area (Å²) >= 11 is 0. The average molecular weight is 669 g/mol. The summed E-state index contributed by atoms with van der Waals surface area (Å²) in [5.41, 5.74) is 11.9. The van der Waals surface area contributed by atoms with E-state index in [1.54, 1.807) is 0 Å². The highest BCUT2D eigenvalue weighted by molar-refractivity contribution is 6.12. The molecule has 0 unspecified atom stereocenters. The van der Waals surface area contributed by atoms with Crippen molar-refractivity contribution in [1.82, 2.24) is 9.97 Å². The van der Waals surface area contributed by atoms with Crippen molar-refractivity contribution in [2.75, 3.05) is 0 Å². The zero-order valence-corrected chi connectivity index (χ0v) is 27.4. The molecular weight excluding hydrogens is 645 g/mol. The van der Waals surface area contributed by atoms with Crippen LogP contribution in [-0.4, -0.2) is 9.97 Å². The lowest BCUT2D eigenvalue weighted by atomic mass is 10.0. The minimum atomic E-state index is 0.603. The lowest BCUT2D eigenvalue weighted by molar-refractivity contribution is 0.666. The van der Waals surface area contributed by atoms with Crippen LogP contribution in [0.1, 0.15) is 0 Å². The minimum Gasteiger partial charge on any atom is -0.456 e. The van der Waals surface area contributed by atoms with Crippen LogP contribution in [0.15, 0.2) is 163 Å². The van der Waals surface area contributed by atoms with Gasteiger partial charge >= 0.3 is 0 Å². The van der Waals surface area contributed by atoms with E-state index in [-0.39, 0.29) is 0 Å². The first kappa shape index (κ1) is 27.6. The fourth-order valence-electron chi connectivity index (χ4n) is 7.79. The monoisotopic (exact) mass is 668 g/mol. The van der Waals surface area contributed by atoms with Crippen LogP contribution >= 0.6 is 0 Å². The third-order valence-corrected chi connectivity index (χ3v) is 10.3. The summed E-state index contributed by atoms with van der Waals surface area (Å²) in [6, 6.07) is 49.4. The molecule has 0 saturated heterocycles. The summed E-state index contributed by atoms with van der Waals surface area (Å²) < 4.78 is 25.1. The van der Waals surface area contributed by atoms with Gasteiger partial charge in [0.05, 0.1) is 0 Å². The Bertz CT molecular complexity index is 3430. The fraction of sp³-hybridized carbons (Fsp3) is 0. The van der Waals surface area contributed by atoms with Crippen molar-refractivity contribution in [2.45, 2.75) is 0 Å². The van der Waals surface area contributed by atoms with Gasteiger partial charge in [-0.3, -0.25) is 0 Å². The highest BCUT2D eigenvalue weighted by Gasteiger charge is 2.21. The molecule has 0 saturated carbocycles. The van der Waals surface area contributed by atoms with Crippen molar-refractivity contribution >= 4 is 87.9 Å². The van der Waals surface area contributed by atoms with Gasteiger partial charge in [-0.25, -0.2) is 9.97 Å². The third-order valence-electron chi connectivity index (χ3n) is 10.3. The number of aromatic nitrogens is 2. The van der Waals surface area contributed by atoms with Crippen molar-refractivity contribution in [3.8, 4) is 33.8 Å². The molecule has 0 aliphatic heterocycles. The first-order valence-electron chi connectivity index (χ1n) is 17.2. The van der Waals surface area contributed by atoms with Gasteiger partial charge in [-0.15, -0.1) is 0 Å². The number of rotatable bonds is 3. The van der Waals surface area contributed by atoms with Gasteiger partial charge in [0.2, 0.25) is 0 Å². The van der Waals surface area contributed by atoms with Crippen molar-refractivity contribution in [3.05, 3.63) is 146 Å². The second-order valence-electron chi connectivity index (χ2n) is 13.3. The first-order chi connectivity index (χ1) is 25.7. The van der Waals surface area contributed by atoms with Gasteiger partial charge in [-0.1, -0.05) is 66.7 Å². The van der Waals surface area contributed by atoms with Crippen molar-refractivity contribution in [2.24, 2.45) is 0 Å². The SMILES string of the molecule is c1ccc2c(c1)oc1ccc(-c3ccc4oc5c(-c6ccc7oc8ccccc8c7c6)nc(-c6ccc7oc8ccccc8c7c6)nc5c4c3)cc12. The van der Waals surface area contributed by atoms with Gasteiger partial charge in [0, 0.05) is 48.8 Å². The molecule has 7 aromatic carbocycles. The van der Waals surface area contributed by atoms with Gasteiger partial charge in [0.25, 0.3) is 0 Å². The molecule has 0 fully saturated rings. The van der Waals surface area contributed by atoms with E-state index in [1.165, 1.54) is 0 Å². The fourth-order valence-corrected chi connectivity index (χ4v) is 7.79. The zero-order valence-electron chi connectivity index (χ0n) is 27.4. The quantitative estimate of drug-likeness (QED) is 0.186. The zero-order chi connectivity index (χ0) is 33.9. The van der Waals surface area contributed by atoms with E-state index < -0.39 is 0 Å². The standard InChI is InChI=1S/C46H24N2O4/c1-4-10-36-29(7-1)32-21-25(13-17-39(32)49-36)26-14-18-42-35(22-26)44-45(52-42)43(27-15-19-40-33(23-27)30-8-2-5-11-37(30)50-40)47-46(48-44)28-16-20-41-34(24-28)31-9-3-6-12-38(31)51-41/h1-24H. The predicted molar refractivity (Wildman–Crippen MR) is 207 cm³/mol. The van der Waals surface area contributed by atoms with Crippen LogP contribution < -0.4 is 0 Å². The first-order valence-corrected chi connectivity index (χ1v) is 17.2. The predicted octanol–water partition coefficient (Wildman–Crippen LogP) is 13.1. The smallest absolute Gasteiger partial charge is 0.180 e. The summed E-state index contributed by atoms with van der Waals surface area (Å²) in [5, 5.41) is 7.25. The van der Waals surface area contributed by atoms with Crippen molar-refractivity contribution in [3.63, 3.8) is 0 Å². The maximum Gasteiger partial charge on any atom is 0.180 e. The van der Waals surface area contributed by atoms with Gasteiger partial charge in [-0.05, 0) is 90.0 Å². The molecule has 0 aliphatic carbocycles. The molecular formula is C46H24N2O4. The van der Waals surface area contributed by atoms with Crippen LogP contribution in [0.2, 0.25) is 0 Å². The number of hydrogen-bond donors (Lipinski definition) is 0. The van der Waals surface area contributed by atoms with Gasteiger partial charge in [0.1, 0.15) is 50.3 Å². The second kappa shape index (κ2) is 10.2. The van der Waals surface area contributed by atoms with Crippen LogP contribution in [0, 0.1) is 0 Å². The molecule has 6 nitrogen and oxygen atoms in total. The number of furan rings is 4. The average Bonchev–Trinajstić information content (AvgIpc) is 3.96. The Morgan fingerprint density at radius 1 is 0.308 bits per heavy atom. The Balaban J connectivity index is 1.11. The molecule has 52 heavy (non-hydrogen) atoms. The third kappa shape index (κ3) is 3.94. The van der Waals surface area contributed by atoms with Gasteiger partial charge in [0.15, 0.2) is 11.4 Å². The van der Waals surface area contributed by atoms with E-state index in [0.29, 0.717) is 17.1 Å². The Morgan fingerprint density at radius 2 is 0.712 bits per heavy atom. The van der Waals surface area contributed by atoms with Crippen LogP contribution in [0.5, 0.6) is 0 Å². The van der Waals surface area contributed by atoms with E-state index in [4.69, 9.17) is 27.6 Å². The van der Waals surface area contributed by atoms with E-state index >= 15 is 0 Å². The molecule has 0 aliphatic rings. The van der Waals surface area contributed by atoms with Crippen LogP contribution in [-0.2, 0) is 0 Å². The normalized spacial score (nSPS) is 12.2. The van der Waals surface area contributed by atoms with Gasteiger partial charge < -0.3 is 17.7 Å². The molecule has 12 rings (SSSR count). The van der Waals surface area contributed by atoms with Crippen LogP contribution in [0.25, 0.3) is 122 Å². The maximum absolute atomic E-state index is 6.65. The molecule has 0 bridgehead atoms. The maximum atomic E-state index is 6.65. The molecule has 12 aromatic rings. The van der Waals surface area contributed by atoms with Crippen molar-refractivity contribution < 1.29 is 17.7 Å². The summed E-state index contributed by atoms with van der Waals surface area (Å²) in [6.45, 7) is 0. The van der Waals surface area contributed by atoms with E-state index in [0.717, 1.165) is 105 Å². The molecule has 5 aromatic heterocycles. The molecule has 5 heterocycles. The number of benzene rings is 7. The van der Waals surface area contributed by atoms with E-state index in [2.05, 4.69) is 54.6 Å². The summed E-state index contributed by atoms with van der Waals surface area (Å²) in [4.78, 5) is 10.5. The van der Waals surface area contributed by atoms with Crippen LogP contribution in [0.3, 0.4) is 0 Å². The summed E-state index contributed by atoms with van der Waals surface area (Å²) in [6.07, 6.45) is 0. The Kier molecular flexibility index (Phi) is 5.41. The van der Waals surface area contributed by atoms with Crippen LogP contribution in [0.4, 0.5) is 0 Å². The topological polar surface area (TPSA) is 78.3 Å². The largest absolute Gasteiger partial charge is 0.456 e. The molecule has 6 heteroatoms. The highest BCUT2D eigenvalue weighted by Crippen LogP contribution is 2.41. The molecule has 0 N–H and O–H groups in total. The van der Waals surface area contributed by atoms with Gasteiger partial charge in [-0.2, -0.15) is 0 Å². The highest BCUT2D eigenvalue weighted by atomic mass is 16.3. The second-order valence-corrected chi connectivity index (χ2v) is 13.3. The Labute approximate surface area is 294 Å². The Hall–Kier alpha value is -7.18. The van der Waals surface area contributed by atoms with Crippen molar-refractivity contribution in [1.29, 1.82) is 0 Å². The Morgan fingerprint density at radius 3 is 1.27 bits per heavy atom. The molecule has 0 radical (unpaired) electrons. The number of nitrogens with zero attached hydrogens (tertiary/aromatic N) is 2. The summed E-state index contributed by atoms with van der Waals surface area (Å²) in [5.74, 6) is 0.603. The summed E-state index contributed by atoms with van der Waals surface area (Å²) in [7, 11) is 0. The number of para-hydroxylation sites is 3. The molecule has 0 atom stereocenters. The minimum absolute atomic E-state index is 0.603. The molecule has 0 amide bonds. The van der Waals surface area contributed by atoms with E-state index in [1.807, 2.05) is 91.0 Å². The lowest BCUT2D eigenvalue weighted by Crippen LogP contribution is -1.94. The van der Waals surface area contributed by atoms with E-state index in [9.17, 15) is 0 Å².